The van der Waals surface area contributed by atoms with E-state index in [4.69, 9.17) is 22.7 Å². The van der Waals surface area contributed by atoms with Gasteiger partial charge in [-0.1, -0.05) is 48.0 Å². The molecule has 0 radical (unpaired) electrons. The molecule has 152 valence electrons. The fourth-order valence-electron chi connectivity index (χ4n) is 2.72. The lowest BCUT2D eigenvalue weighted by Crippen LogP contribution is -2.30. The molecule has 0 aliphatic carbocycles. The van der Waals surface area contributed by atoms with Crippen molar-refractivity contribution < 1.29 is 13.2 Å². The second-order valence-corrected chi connectivity index (χ2v) is 8.08. The van der Waals surface area contributed by atoms with Gasteiger partial charge in [0.05, 0.1) is 22.0 Å². The van der Waals surface area contributed by atoms with E-state index in [-0.39, 0.29) is 39.9 Å². The number of hydrogen-bond acceptors (Lipinski definition) is 4. The van der Waals surface area contributed by atoms with Crippen molar-refractivity contribution >= 4 is 45.6 Å². The van der Waals surface area contributed by atoms with Crippen LogP contribution in [0.4, 0.5) is 5.69 Å². The summed E-state index contributed by atoms with van der Waals surface area (Å²) in [5.74, 6) is -0.784. The first kappa shape index (κ1) is 22.5. The number of carbonyl (C=O) groups excluding carboxylic acids is 1. The summed E-state index contributed by atoms with van der Waals surface area (Å²) in [5.41, 5.74) is 5.96. The Morgan fingerprint density at radius 3 is 2.38 bits per heavy atom. The van der Waals surface area contributed by atoms with Crippen LogP contribution in [0.2, 0.25) is 5.02 Å². The Labute approximate surface area is 179 Å². The predicted molar refractivity (Wildman–Crippen MR) is 114 cm³/mol. The molecule has 3 rings (SSSR count). The molecule has 3 aromatic rings. The summed E-state index contributed by atoms with van der Waals surface area (Å²) in [6.07, 6.45) is 1.45. The molecule has 0 atom stereocenters. The minimum Gasteiger partial charge on any atom is -0.365 e. The zero-order chi connectivity index (χ0) is 20.3. The zero-order valence-electron chi connectivity index (χ0n) is 15.0. The lowest BCUT2D eigenvalue weighted by Gasteiger charge is -2.15. The number of sulfonamides is 1. The van der Waals surface area contributed by atoms with Crippen molar-refractivity contribution in [2.45, 2.75) is 11.4 Å². The molecule has 0 aliphatic heterocycles. The van der Waals surface area contributed by atoms with Gasteiger partial charge in [0.15, 0.2) is 0 Å². The maximum Gasteiger partial charge on any atom is 0.262 e. The minimum atomic E-state index is -3.86. The molecule has 0 bridgehead atoms. The molecular formula is C19H18Cl2N4O3S. The predicted octanol–water partition coefficient (Wildman–Crippen LogP) is 2.99. The molecule has 10 heteroatoms. The number of nitrogens with zero attached hydrogens (tertiary/aromatic N) is 1. The van der Waals surface area contributed by atoms with Gasteiger partial charge in [-0.2, -0.15) is 0 Å². The number of benzene rings is 2. The highest BCUT2D eigenvalue weighted by atomic mass is 35.5. The summed E-state index contributed by atoms with van der Waals surface area (Å²) in [4.78, 5) is 11.6. The summed E-state index contributed by atoms with van der Waals surface area (Å²) in [6, 6.07) is 16.3. The molecule has 7 nitrogen and oxygen atoms in total. The number of anilines is 1. The van der Waals surface area contributed by atoms with Crippen molar-refractivity contribution in [3.05, 3.63) is 88.5 Å². The maximum atomic E-state index is 12.9. The van der Waals surface area contributed by atoms with E-state index in [1.54, 1.807) is 48.5 Å². The number of para-hydroxylation sites is 1. The van der Waals surface area contributed by atoms with Crippen molar-refractivity contribution in [1.82, 2.24) is 4.57 Å². The lowest BCUT2D eigenvalue weighted by atomic mass is 10.2. The second-order valence-electron chi connectivity index (χ2n) is 5.99. The first-order chi connectivity index (χ1) is 13.3. The third-order valence-corrected chi connectivity index (χ3v) is 5.69. The van der Waals surface area contributed by atoms with E-state index in [1.165, 1.54) is 22.9 Å². The largest absolute Gasteiger partial charge is 0.365 e. The summed E-state index contributed by atoms with van der Waals surface area (Å²) in [7, 11) is -3.86. The van der Waals surface area contributed by atoms with Gasteiger partial charge in [-0.15, -0.1) is 12.4 Å². The fraction of sp³-hybridized carbons (Fsp3) is 0.0526. The Kier molecular flexibility index (Phi) is 7.07. The maximum absolute atomic E-state index is 12.9. The normalized spacial score (nSPS) is 10.8. The molecule has 1 heterocycles. The number of pyridine rings is 1. The van der Waals surface area contributed by atoms with E-state index in [2.05, 4.69) is 4.72 Å². The van der Waals surface area contributed by atoms with Gasteiger partial charge in [-0.3, -0.25) is 14.9 Å². The molecule has 29 heavy (non-hydrogen) atoms. The van der Waals surface area contributed by atoms with E-state index < -0.39 is 15.9 Å². The van der Waals surface area contributed by atoms with Crippen LogP contribution >= 0.6 is 24.0 Å². The Morgan fingerprint density at radius 2 is 1.72 bits per heavy atom. The van der Waals surface area contributed by atoms with Crippen LogP contribution in [-0.4, -0.2) is 18.9 Å². The smallest absolute Gasteiger partial charge is 0.262 e. The van der Waals surface area contributed by atoms with E-state index in [9.17, 15) is 13.2 Å². The minimum absolute atomic E-state index is 0. The highest BCUT2D eigenvalue weighted by molar-refractivity contribution is 7.92. The number of rotatable bonds is 6. The SMILES string of the molecule is Cl.N=c1c(C(N)=O)cc(Cl)cn1Cc1ccccc1S(=O)(=O)Nc1ccccc1. The molecular weight excluding hydrogens is 435 g/mol. The van der Waals surface area contributed by atoms with Crippen LogP contribution in [0.5, 0.6) is 0 Å². The number of aromatic nitrogens is 1. The van der Waals surface area contributed by atoms with Gasteiger partial charge in [0.1, 0.15) is 5.49 Å². The molecule has 0 saturated heterocycles. The molecule has 0 saturated carbocycles. The van der Waals surface area contributed by atoms with Gasteiger partial charge >= 0.3 is 0 Å². The standard InChI is InChI=1S/C19H17ClN4O3S.ClH/c20-14-10-16(19(22)25)18(21)24(12-14)11-13-6-4-5-9-17(13)28(26,27)23-15-7-2-1-3-8-15;/h1-10,12,21,23H,11H2,(H2,22,25);1H. The molecule has 0 spiro atoms. The Balaban J connectivity index is 0.00000300. The molecule has 0 unspecified atom stereocenters. The summed E-state index contributed by atoms with van der Waals surface area (Å²) >= 11 is 6.03. The third-order valence-electron chi connectivity index (χ3n) is 4.00. The van der Waals surface area contributed by atoms with E-state index >= 15 is 0 Å². The Hall–Kier alpha value is -2.81. The fourth-order valence-corrected chi connectivity index (χ4v) is 4.24. The van der Waals surface area contributed by atoms with Crippen molar-refractivity contribution in [3.8, 4) is 0 Å². The Bertz CT molecular complexity index is 1200. The number of amides is 1. The molecule has 0 fully saturated rings. The summed E-state index contributed by atoms with van der Waals surface area (Å²) in [6.45, 7) is 0.0194. The monoisotopic (exact) mass is 452 g/mol. The summed E-state index contributed by atoms with van der Waals surface area (Å²) < 4.78 is 29.7. The number of halogens is 2. The van der Waals surface area contributed by atoms with Gasteiger partial charge in [-0.05, 0) is 29.8 Å². The molecule has 1 aromatic heterocycles. The highest BCUT2D eigenvalue weighted by Gasteiger charge is 2.19. The number of nitrogens with two attached hydrogens (primary N) is 1. The van der Waals surface area contributed by atoms with Gasteiger partial charge in [0, 0.05) is 11.9 Å². The van der Waals surface area contributed by atoms with Crippen LogP contribution < -0.4 is 15.9 Å². The first-order valence-electron chi connectivity index (χ1n) is 8.18. The molecule has 4 N–H and O–H groups in total. The molecule has 1 amide bonds. The Morgan fingerprint density at radius 1 is 1.10 bits per heavy atom. The number of primary amides is 1. The van der Waals surface area contributed by atoms with E-state index in [0.29, 0.717) is 11.3 Å². The van der Waals surface area contributed by atoms with E-state index in [0.717, 1.165) is 0 Å². The molecule has 2 aromatic carbocycles. The first-order valence-corrected chi connectivity index (χ1v) is 10.0. The van der Waals surface area contributed by atoms with Gasteiger partial charge in [0.25, 0.3) is 15.9 Å². The zero-order valence-corrected chi connectivity index (χ0v) is 17.4. The van der Waals surface area contributed by atoms with E-state index in [1.807, 2.05) is 0 Å². The molecule has 0 aliphatic rings. The van der Waals surface area contributed by atoms with Crippen LogP contribution in [-0.2, 0) is 16.6 Å². The van der Waals surface area contributed by atoms with Gasteiger partial charge < -0.3 is 10.3 Å². The third kappa shape index (κ3) is 5.17. The van der Waals surface area contributed by atoms with Crippen LogP contribution in [0.1, 0.15) is 15.9 Å². The van der Waals surface area contributed by atoms with Crippen LogP contribution in [0.15, 0.2) is 71.8 Å². The average molecular weight is 453 g/mol. The number of nitrogens with one attached hydrogen (secondary N) is 2. The van der Waals surface area contributed by atoms with Crippen LogP contribution in [0.25, 0.3) is 0 Å². The average Bonchev–Trinajstić information content (AvgIpc) is 2.65. The quantitative estimate of drug-likeness (QED) is 0.533. The van der Waals surface area contributed by atoms with Gasteiger partial charge in [-0.25, -0.2) is 8.42 Å². The van der Waals surface area contributed by atoms with Crippen molar-refractivity contribution in [3.63, 3.8) is 0 Å². The number of carbonyl (C=O) groups is 1. The summed E-state index contributed by atoms with van der Waals surface area (Å²) in [5, 5.41) is 8.38. The number of hydrogen-bond donors (Lipinski definition) is 3. The highest BCUT2D eigenvalue weighted by Crippen LogP contribution is 2.20. The van der Waals surface area contributed by atoms with Gasteiger partial charge in [0.2, 0.25) is 0 Å². The topological polar surface area (TPSA) is 118 Å². The second kappa shape index (κ2) is 9.13. The van der Waals surface area contributed by atoms with Crippen molar-refractivity contribution in [2.24, 2.45) is 5.73 Å². The van der Waals surface area contributed by atoms with Crippen molar-refractivity contribution in [1.29, 1.82) is 5.41 Å². The van der Waals surface area contributed by atoms with Crippen molar-refractivity contribution in [2.75, 3.05) is 4.72 Å². The van der Waals surface area contributed by atoms with Crippen LogP contribution in [0, 0.1) is 5.41 Å². The lowest BCUT2D eigenvalue weighted by molar-refractivity contribution is 0.0997. The van der Waals surface area contributed by atoms with Crippen LogP contribution in [0.3, 0.4) is 0 Å².